The molecule has 0 saturated carbocycles. The normalized spacial score (nSPS) is 10.7. The molecule has 2 N–H and O–H groups in total. The van der Waals surface area contributed by atoms with Crippen molar-refractivity contribution in [2.45, 2.75) is 72.6 Å². The van der Waals surface area contributed by atoms with E-state index in [-0.39, 0.29) is 5.91 Å². The summed E-state index contributed by atoms with van der Waals surface area (Å²) in [4.78, 5) is 12.0. The quantitative estimate of drug-likeness (QED) is 0.522. The number of carbonyl (C=O) groups is 1. The molecule has 0 spiro atoms. The van der Waals surface area contributed by atoms with Gasteiger partial charge < -0.3 is 10.4 Å². The molecule has 1 rings (SSSR count). The second kappa shape index (κ2) is 8.71. The van der Waals surface area contributed by atoms with Crippen LogP contribution in [0.3, 0.4) is 0 Å². The van der Waals surface area contributed by atoms with Crippen molar-refractivity contribution < 1.29 is 9.90 Å². The number of carbonyl (C=O) groups excluding carboxylic acids is 1. The summed E-state index contributed by atoms with van der Waals surface area (Å²) in [6.45, 7) is 7.86. The lowest BCUT2D eigenvalue weighted by molar-refractivity contribution is -0.116. The van der Waals surface area contributed by atoms with Crippen LogP contribution in [0.1, 0.15) is 68.6 Å². The van der Waals surface area contributed by atoms with E-state index in [0.717, 1.165) is 35.2 Å². The summed E-state index contributed by atoms with van der Waals surface area (Å²) in [7, 11) is 0. The second-order valence-electron chi connectivity index (χ2n) is 5.91. The fourth-order valence-electron chi connectivity index (χ4n) is 2.48. The number of hydrogen-bond donors (Lipinski definition) is 2. The average Bonchev–Trinajstić information content (AvgIpc) is 2.46. The number of aryl methyl sites for hydroxylation is 1. The van der Waals surface area contributed by atoms with E-state index in [1.54, 1.807) is 0 Å². The summed E-state index contributed by atoms with van der Waals surface area (Å²) < 4.78 is 0. The first-order chi connectivity index (χ1) is 9.97. The van der Waals surface area contributed by atoms with Crippen molar-refractivity contribution in [1.82, 2.24) is 0 Å². The van der Waals surface area contributed by atoms with Gasteiger partial charge in [-0.1, -0.05) is 39.0 Å². The van der Waals surface area contributed by atoms with Crippen LogP contribution in [0.25, 0.3) is 0 Å². The van der Waals surface area contributed by atoms with Crippen LogP contribution in [-0.2, 0) is 4.79 Å². The average molecular weight is 291 g/mol. The maximum Gasteiger partial charge on any atom is 0.224 e. The first kappa shape index (κ1) is 17.5. The van der Waals surface area contributed by atoms with Crippen molar-refractivity contribution >= 4 is 11.6 Å². The highest BCUT2D eigenvalue weighted by molar-refractivity contribution is 5.92. The predicted molar refractivity (Wildman–Crippen MR) is 88.9 cm³/mol. The molecule has 0 aliphatic heterocycles. The molecule has 21 heavy (non-hydrogen) atoms. The lowest BCUT2D eigenvalue weighted by Gasteiger charge is -2.14. The summed E-state index contributed by atoms with van der Waals surface area (Å²) in [6, 6.07) is 1.84. The topological polar surface area (TPSA) is 49.3 Å². The third kappa shape index (κ3) is 5.41. The van der Waals surface area contributed by atoms with E-state index >= 15 is 0 Å². The Balaban J connectivity index is 2.45. The molecule has 0 aliphatic rings. The number of phenolic OH excluding ortho intramolecular Hbond substituents is 1. The highest BCUT2D eigenvalue weighted by Crippen LogP contribution is 2.30. The zero-order valence-electron chi connectivity index (χ0n) is 13.9. The molecule has 0 fully saturated rings. The summed E-state index contributed by atoms with van der Waals surface area (Å²) >= 11 is 0. The van der Waals surface area contributed by atoms with E-state index in [1.165, 1.54) is 25.7 Å². The Morgan fingerprint density at radius 1 is 1.05 bits per heavy atom. The largest absolute Gasteiger partial charge is 0.507 e. The number of rotatable bonds is 8. The van der Waals surface area contributed by atoms with Gasteiger partial charge in [0.1, 0.15) is 5.75 Å². The fraction of sp³-hybridized carbons (Fsp3) is 0.611. The molecule has 3 heteroatoms. The summed E-state index contributed by atoms with van der Waals surface area (Å²) in [5, 5.41) is 12.8. The summed E-state index contributed by atoms with van der Waals surface area (Å²) in [6.07, 6.45) is 7.68. The molecule has 0 aliphatic carbocycles. The van der Waals surface area contributed by atoms with Crippen LogP contribution >= 0.6 is 0 Å². The van der Waals surface area contributed by atoms with Gasteiger partial charge in [0.05, 0.1) is 0 Å². The number of benzene rings is 1. The van der Waals surface area contributed by atoms with Crippen LogP contribution in [-0.4, -0.2) is 11.0 Å². The van der Waals surface area contributed by atoms with Crippen LogP contribution in [0.2, 0.25) is 0 Å². The van der Waals surface area contributed by atoms with Gasteiger partial charge in [-0.15, -0.1) is 0 Å². The van der Waals surface area contributed by atoms with Crippen molar-refractivity contribution in [3.05, 3.63) is 22.8 Å². The van der Waals surface area contributed by atoms with Crippen LogP contribution in [0.15, 0.2) is 6.07 Å². The van der Waals surface area contributed by atoms with Crippen molar-refractivity contribution in [2.75, 3.05) is 5.32 Å². The Kier molecular flexibility index (Phi) is 7.27. The molecule has 0 saturated heterocycles. The number of anilines is 1. The van der Waals surface area contributed by atoms with Crippen molar-refractivity contribution in [3.63, 3.8) is 0 Å². The van der Waals surface area contributed by atoms with Gasteiger partial charge in [-0.3, -0.25) is 4.79 Å². The Morgan fingerprint density at radius 3 is 2.33 bits per heavy atom. The third-order valence-corrected chi connectivity index (χ3v) is 4.09. The van der Waals surface area contributed by atoms with E-state index in [2.05, 4.69) is 12.2 Å². The van der Waals surface area contributed by atoms with Gasteiger partial charge in [-0.05, 0) is 49.9 Å². The number of amides is 1. The van der Waals surface area contributed by atoms with Gasteiger partial charge in [-0.25, -0.2) is 0 Å². The minimum atomic E-state index is 0.0677. The predicted octanol–water partition coefficient (Wildman–Crippen LogP) is 5.01. The summed E-state index contributed by atoms with van der Waals surface area (Å²) in [5.74, 6) is 0.388. The first-order valence-electron chi connectivity index (χ1n) is 8.07. The van der Waals surface area contributed by atoms with Gasteiger partial charge in [-0.2, -0.15) is 0 Å². The Hall–Kier alpha value is -1.51. The number of hydrogen-bond acceptors (Lipinski definition) is 2. The number of phenols is 1. The number of unbranched alkanes of at least 4 members (excludes halogenated alkanes) is 5. The third-order valence-electron chi connectivity index (χ3n) is 4.09. The standard InChI is InChI=1S/C18H29NO2/c1-5-6-7-8-9-10-11-17(20)19-16-12-13(2)18(21)15(4)14(16)3/h12,21H,5-11H2,1-4H3,(H,19,20). The summed E-state index contributed by atoms with van der Waals surface area (Å²) in [5.41, 5.74) is 3.39. The highest BCUT2D eigenvalue weighted by atomic mass is 16.3. The van der Waals surface area contributed by atoms with Crippen LogP contribution in [0, 0.1) is 20.8 Å². The Bertz CT molecular complexity index is 481. The molecule has 3 nitrogen and oxygen atoms in total. The Morgan fingerprint density at radius 2 is 1.67 bits per heavy atom. The van der Waals surface area contributed by atoms with E-state index < -0.39 is 0 Å². The molecule has 118 valence electrons. The van der Waals surface area contributed by atoms with Gasteiger partial charge in [0.15, 0.2) is 0 Å². The Labute approximate surface area is 128 Å². The molecule has 0 heterocycles. The first-order valence-corrected chi connectivity index (χ1v) is 8.07. The van der Waals surface area contributed by atoms with Crippen molar-refractivity contribution in [1.29, 1.82) is 0 Å². The second-order valence-corrected chi connectivity index (χ2v) is 5.91. The molecule has 1 aromatic rings. The van der Waals surface area contributed by atoms with Crippen LogP contribution < -0.4 is 5.32 Å². The molecule has 0 atom stereocenters. The van der Waals surface area contributed by atoms with E-state index in [4.69, 9.17) is 0 Å². The van der Waals surface area contributed by atoms with Crippen LogP contribution in [0.5, 0.6) is 5.75 Å². The van der Waals surface area contributed by atoms with E-state index in [1.807, 2.05) is 26.8 Å². The zero-order chi connectivity index (χ0) is 15.8. The molecule has 0 bridgehead atoms. The smallest absolute Gasteiger partial charge is 0.224 e. The monoisotopic (exact) mass is 291 g/mol. The molecule has 1 amide bonds. The van der Waals surface area contributed by atoms with Crippen molar-refractivity contribution in [3.8, 4) is 5.75 Å². The van der Waals surface area contributed by atoms with Gasteiger partial charge in [0, 0.05) is 12.1 Å². The minimum absolute atomic E-state index is 0.0677. The lowest BCUT2D eigenvalue weighted by atomic mass is 10.0. The molecule has 0 unspecified atom stereocenters. The number of aromatic hydroxyl groups is 1. The molecular formula is C18H29NO2. The van der Waals surface area contributed by atoms with Crippen molar-refractivity contribution in [2.24, 2.45) is 0 Å². The maximum absolute atomic E-state index is 12.0. The SMILES string of the molecule is CCCCCCCCC(=O)Nc1cc(C)c(O)c(C)c1C. The molecule has 1 aromatic carbocycles. The number of nitrogens with one attached hydrogen (secondary N) is 1. The molecular weight excluding hydrogens is 262 g/mol. The van der Waals surface area contributed by atoms with Gasteiger partial charge >= 0.3 is 0 Å². The highest BCUT2D eigenvalue weighted by Gasteiger charge is 2.11. The van der Waals surface area contributed by atoms with Gasteiger partial charge in [0.25, 0.3) is 0 Å². The maximum atomic E-state index is 12.0. The van der Waals surface area contributed by atoms with Gasteiger partial charge in [0.2, 0.25) is 5.91 Å². The fourth-order valence-corrected chi connectivity index (χ4v) is 2.48. The van der Waals surface area contributed by atoms with E-state index in [9.17, 15) is 9.90 Å². The van der Waals surface area contributed by atoms with Crippen LogP contribution in [0.4, 0.5) is 5.69 Å². The zero-order valence-corrected chi connectivity index (χ0v) is 13.9. The molecule has 0 radical (unpaired) electrons. The minimum Gasteiger partial charge on any atom is -0.507 e. The molecule has 0 aromatic heterocycles. The lowest BCUT2D eigenvalue weighted by Crippen LogP contribution is -2.12. The van der Waals surface area contributed by atoms with E-state index in [0.29, 0.717) is 12.2 Å².